The summed E-state index contributed by atoms with van der Waals surface area (Å²) in [6.45, 7) is 0. The van der Waals surface area contributed by atoms with Gasteiger partial charge in [0.15, 0.2) is 0 Å². The van der Waals surface area contributed by atoms with Gasteiger partial charge in [0.2, 0.25) is 0 Å². The average molecular weight is 334 g/mol. The van der Waals surface area contributed by atoms with Crippen molar-refractivity contribution in [3.05, 3.63) is 58.1 Å². The van der Waals surface area contributed by atoms with Gasteiger partial charge in [-0.3, -0.25) is 9.59 Å². The lowest BCUT2D eigenvalue weighted by molar-refractivity contribution is -0.132. The number of nitrogens with zero attached hydrogens (tertiary/aromatic N) is 1. The summed E-state index contributed by atoms with van der Waals surface area (Å²) >= 11 is 11.7. The Hall–Kier alpha value is -2.55. The average Bonchev–Trinajstić information content (AvgIpc) is 2.50. The first-order valence-corrected chi connectivity index (χ1v) is 6.83. The second kappa shape index (κ2) is 6.94. The van der Waals surface area contributed by atoms with Crippen LogP contribution in [0.15, 0.2) is 42.5 Å². The first kappa shape index (κ1) is 15.8. The molecule has 0 bridgehead atoms. The van der Waals surface area contributed by atoms with Crippen LogP contribution in [-0.2, 0) is 9.59 Å². The third kappa shape index (κ3) is 3.76. The highest BCUT2D eigenvalue weighted by atomic mass is 35.5. The topological polar surface area (TPSA) is 82.0 Å². The third-order valence-corrected chi connectivity index (χ3v) is 3.23. The third-order valence-electron chi connectivity index (χ3n) is 2.68. The molecule has 0 heterocycles. The number of nitriles is 1. The van der Waals surface area contributed by atoms with E-state index in [2.05, 4.69) is 10.6 Å². The maximum atomic E-state index is 11.9. The Morgan fingerprint density at radius 3 is 2.23 bits per heavy atom. The van der Waals surface area contributed by atoms with Gasteiger partial charge in [-0.2, -0.15) is 5.26 Å². The fourth-order valence-electron chi connectivity index (χ4n) is 1.64. The zero-order valence-corrected chi connectivity index (χ0v) is 12.6. The smallest absolute Gasteiger partial charge is 0.314 e. The molecular formula is C15H9Cl2N3O2. The van der Waals surface area contributed by atoms with Crippen LogP contribution in [0.25, 0.3) is 0 Å². The number of nitrogens with one attached hydrogen (secondary N) is 2. The predicted octanol–water partition coefficient (Wildman–Crippen LogP) is 3.44. The molecule has 0 aliphatic carbocycles. The quantitative estimate of drug-likeness (QED) is 0.826. The van der Waals surface area contributed by atoms with Crippen LogP contribution < -0.4 is 10.6 Å². The number of hydrogen-bond donors (Lipinski definition) is 2. The van der Waals surface area contributed by atoms with Gasteiger partial charge in [-0.05, 0) is 30.3 Å². The first-order chi connectivity index (χ1) is 10.5. The van der Waals surface area contributed by atoms with Crippen LogP contribution in [-0.4, -0.2) is 11.8 Å². The molecule has 0 aliphatic rings. The number of amides is 2. The molecule has 0 atom stereocenters. The normalized spacial score (nSPS) is 9.68. The van der Waals surface area contributed by atoms with E-state index in [4.69, 9.17) is 28.5 Å². The van der Waals surface area contributed by atoms with E-state index in [0.717, 1.165) is 0 Å². The lowest BCUT2D eigenvalue weighted by atomic mass is 10.2. The highest BCUT2D eigenvalue weighted by Crippen LogP contribution is 2.25. The summed E-state index contributed by atoms with van der Waals surface area (Å²) < 4.78 is 0. The second-order valence-electron chi connectivity index (χ2n) is 4.19. The van der Waals surface area contributed by atoms with E-state index >= 15 is 0 Å². The van der Waals surface area contributed by atoms with Gasteiger partial charge in [0, 0.05) is 5.02 Å². The van der Waals surface area contributed by atoms with Gasteiger partial charge in [0.05, 0.1) is 22.0 Å². The number of carbonyl (C=O) groups excluding carboxylic acids is 2. The van der Waals surface area contributed by atoms with Crippen LogP contribution in [0.2, 0.25) is 10.0 Å². The summed E-state index contributed by atoms with van der Waals surface area (Å²) in [5.74, 6) is -1.81. The molecule has 2 aromatic carbocycles. The van der Waals surface area contributed by atoms with Gasteiger partial charge >= 0.3 is 11.8 Å². The summed E-state index contributed by atoms with van der Waals surface area (Å²) in [5, 5.41) is 14.3. The Morgan fingerprint density at radius 1 is 0.955 bits per heavy atom. The van der Waals surface area contributed by atoms with Crippen LogP contribution in [0.1, 0.15) is 5.56 Å². The number of anilines is 2. The van der Waals surface area contributed by atoms with Gasteiger partial charge < -0.3 is 10.6 Å². The van der Waals surface area contributed by atoms with Crippen LogP contribution >= 0.6 is 23.2 Å². The molecule has 0 saturated heterocycles. The maximum absolute atomic E-state index is 11.9. The minimum absolute atomic E-state index is 0.214. The molecule has 110 valence electrons. The summed E-state index contributed by atoms with van der Waals surface area (Å²) in [4.78, 5) is 23.7. The maximum Gasteiger partial charge on any atom is 0.314 e. The molecule has 0 spiro atoms. The van der Waals surface area contributed by atoms with Crippen molar-refractivity contribution >= 4 is 46.4 Å². The molecule has 0 aliphatic heterocycles. The largest absolute Gasteiger partial charge is 0.317 e. The van der Waals surface area contributed by atoms with Gasteiger partial charge in [0.1, 0.15) is 6.07 Å². The van der Waals surface area contributed by atoms with Crippen molar-refractivity contribution in [3.8, 4) is 6.07 Å². The van der Waals surface area contributed by atoms with Gasteiger partial charge in [-0.1, -0.05) is 35.3 Å². The van der Waals surface area contributed by atoms with Crippen LogP contribution in [0.5, 0.6) is 0 Å². The fourth-order valence-corrected chi connectivity index (χ4v) is 2.09. The second-order valence-corrected chi connectivity index (χ2v) is 5.03. The highest BCUT2D eigenvalue weighted by Gasteiger charge is 2.16. The summed E-state index contributed by atoms with van der Waals surface area (Å²) in [6.07, 6.45) is 0. The zero-order valence-electron chi connectivity index (χ0n) is 11.1. The van der Waals surface area contributed by atoms with Gasteiger partial charge in [-0.15, -0.1) is 0 Å². The molecule has 7 heteroatoms. The standard InChI is InChI=1S/C15H9Cl2N3O2/c16-10-5-6-13(11(17)7-10)20-15(22)14(21)19-12-4-2-1-3-9(12)8-18/h1-7H,(H,19,21)(H,20,22). The molecular weight excluding hydrogens is 325 g/mol. The molecule has 0 fully saturated rings. The molecule has 2 amide bonds. The number of benzene rings is 2. The van der Waals surface area contributed by atoms with Gasteiger partial charge in [-0.25, -0.2) is 0 Å². The number of para-hydroxylation sites is 1. The molecule has 0 saturated carbocycles. The zero-order chi connectivity index (χ0) is 16.1. The van der Waals surface area contributed by atoms with Crippen molar-refractivity contribution in [3.63, 3.8) is 0 Å². The molecule has 0 aromatic heterocycles. The Labute approximate surface area is 136 Å². The van der Waals surface area contributed by atoms with Crippen molar-refractivity contribution < 1.29 is 9.59 Å². The van der Waals surface area contributed by atoms with Gasteiger partial charge in [0.25, 0.3) is 0 Å². The SMILES string of the molecule is N#Cc1ccccc1NC(=O)C(=O)Nc1ccc(Cl)cc1Cl. The van der Waals surface area contributed by atoms with E-state index in [-0.39, 0.29) is 22.0 Å². The molecule has 5 nitrogen and oxygen atoms in total. The Balaban J connectivity index is 2.10. The van der Waals surface area contributed by atoms with E-state index in [9.17, 15) is 9.59 Å². The van der Waals surface area contributed by atoms with Crippen molar-refractivity contribution in [2.24, 2.45) is 0 Å². The van der Waals surface area contributed by atoms with E-state index in [0.29, 0.717) is 5.02 Å². The van der Waals surface area contributed by atoms with Crippen molar-refractivity contribution in [1.82, 2.24) is 0 Å². The van der Waals surface area contributed by atoms with E-state index in [1.54, 1.807) is 12.1 Å². The monoisotopic (exact) mass is 333 g/mol. The Morgan fingerprint density at radius 2 is 1.59 bits per heavy atom. The lowest BCUT2D eigenvalue weighted by Crippen LogP contribution is -2.29. The number of halogens is 2. The van der Waals surface area contributed by atoms with Crippen molar-refractivity contribution in [2.45, 2.75) is 0 Å². The first-order valence-electron chi connectivity index (χ1n) is 6.08. The Bertz CT molecular complexity index is 785. The highest BCUT2D eigenvalue weighted by molar-refractivity contribution is 6.45. The van der Waals surface area contributed by atoms with Crippen LogP contribution in [0.4, 0.5) is 11.4 Å². The van der Waals surface area contributed by atoms with Crippen molar-refractivity contribution in [2.75, 3.05) is 10.6 Å². The number of rotatable bonds is 2. The minimum Gasteiger partial charge on any atom is -0.317 e. The van der Waals surface area contributed by atoms with E-state index in [1.165, 1.54) is 30.3 Å². The summed E-state index contributed by atoms with van der Waals surface area (Å²) in [5.41, 5.74) is 0.778. The predicted molar refractivity (Wildman–Crippen MR) is 84.9 cm³/mol. The molecule has 2 rings (SSSR count). The van der Waals surface area contributed by atoms with Crippen LogP contribution in [0, 0.1) is 11.3 Å². The number of carbonyl (C=O) groups is 2. The van der Waals surface area contributed by atoms with E-state index in [1.807, 2.05) is 6.07 Å². The fraction of sp³-hybridized carbons (Fsp3) is 0. The number of hydrogen-bond acceptors (Lipinski definition) is 3. The Kier molecular flexibility index (Phi) is 4.99. The molecule has 2 aromatic rings. The summed E-state index contributed by atoms with van der Waals surface area (Å²) in [6, 6.07) is 12.7. The molecule has 0 unspecified atom stereocenters. The van der Waals surface area contributed by atoms with Crippen molar-refractivity contribution in [1.29, 1.82) is 5.26 Å². The molecule has 22 heavy (non-hydrogen) atoms. The summed E-state index contributed by atoms with van der Waals surface area (Å²) in [7, 11) is 0. The molecule has 2 N–H and O–H groups in total. The van der Waals surface area contributed by atoms with Crippen LogP contribution in [0.3, 0.4) is 0 Å². The van der Waals surface area contributed by atoms with E-state index < -0.39 is 11.8 Å². The minimum atomic E-state index is -0.909. The molecule has 0 radical (unpaired) electrons. The lowest BCUT2D eigenvalue weighted by Gasteiger charge is -2.09.